The lowest BCUT2D eigenvalue weighted by atomic mass is 9.97. The monoisotopic (exact) mass is 292 g/mol. The van der Waals surface area contributed by atoms with Gasteiger partial charge in [0, 0.05) is 5.69 Å². The molecule has 0 aliphatic carbocycles. The van der Waals surface area contributed by atoms with E-state index < -0.39 is 0 Å². The molecule has 0 amide bonds. The lowest BCUT2D eigenvalue weighted by Crippen LogP contribution is -2.05. The molecule has 1 N–H and O–H groups in total. The number of hydrogen-bond donors (Lipinski definition) is 1. The Hall–Kier alpha value is -2.75. The highest BCUT2D eigenvalue weighted by atomic mass is 15.1. The molecule has 2 rings (SSSR count). The van der Waals surface area contributed by atoms with Crippen molar-refractivity contribution in [1.29, 1.82) is 0 Å². The highest BCUT2D eigenvalue weighted by molar-refractivity contribution is 5.65. The zero-order valence-electron chi connectivity index (χ0n) is 12.6. The van der Waals surface area contributed by atoms with E-state index in [0.717, 1.165) is 36.1 Å². The maximum atomic E-state index is 4.13. The quantitative estimate of drug-likeness (QED) is 0.752. The van der Waals surface area contributed by atoms with Crippen LogP contribution in [0.5, 0.6) is 0 Å². The lowest BCUT2D eigenvalue weighted by molar-refractivity contribution is 1.04. The van der Waals surface area contributed by atoms with E-state index in [1.165, 1.54) is 18.2 Å². The van der Waals surface area contributed by atoms with Crippen molar-refractivity contribution in [2.24, 2.45) is 0 Å². The van der Waals surface area contributed by atoms with Gasteiger partial charge in [0.2, 0.25) is 5.95 Å². The average molecular weight is 292 g/mol. The molecule has 0 radical (unpaired) electrons. The third-order valence-electron chi connectivity index (χ3n) is 3.20. The molecule has 0 saturated carbocycles. The standard InChI is InChI=1S/C18H20N4/c1-4-7-14-10-15(8-5-2)17(16(11-14)9-6-3)22-18-20-12-19-13-21-18/h4-6,10-13H,1-3,7-9H2,(H,19,20,21,22). The number of aromatic nitrogens is 3. The van der Waals surface area contributed by atoms with Crippen LogP contribution < -0.4 is 5.32 Å². The third kappa shape index (κ3) is 3.88. The summed E-state index contributed by atoms with van der Waals surface area (Å²) in [5, 5.41) is 3.30. The van der Waals surface area contributed by atoms with Crippen molar-refractivity contribution < 1.29 is 0 Å². The molecule has 0 saturated heterocycles. The Morgan fingerprint density at radius 1 is 0.864 bits per heavy atom. The molecule has 0 atom stereocenters. The van der Waals surface area contributed by atoms with Gasteiger partial charge in [0.1, 0.15) is 12.7 Å². The second-order valence-corrected chi connectivity index (χ2v) is 4.85. The summed E-state index contributed by atoms with van der Waals surface area (Å²) in [6.45, 7) is 11.5. The van der Waals surface area contributed by atoms with Crippen molar-refractivity contribution in [1.82, 2.24) is 15.0 Å². The van der Waals surface area contributed by atoms with E-state index in [-0.39, 0.29) is 0 Å². The molecule has 1 aromatic carbocycles. The van der Waals surface area contributed by atoms with Crippen molar-refractivity contribution in [3.05, 3.63) is 79.4 Å². The summed E-state index contributed by atoms with van der Waals surface area (Å²) in [6.07, 6.45) is 11.0. The molecule has 0 unspecified atom stereocenters. The van der Waals surface area contributed by atoms with Gasteiger partial charge in [-0.1, -0.05) is 30.4 Å². The predicted molar refractivity (Wildman–Crippen MR) is 91.3 cm³/mol. The molecule has 0 aliphatic heterocycles. The molecule has 0 aliphatic rings. The Bertz CT molecular complexity index is 631. The van der Waals surface area contributed by atoms with Gasteiger partial charge in [0.05, 0.1) is 0 Å². The molecule has 0 fully saturated rings. The van der Waals surface area contributed by atoms with E-state index in [4.69, 9.17) is 0 Å². The van der Waals surface area contributed by atoms with E-state index >= 15 is 0 Å². The van der Waals surface area contributed by atoms with Crippen LogP contribution in [0.15, 0.2) is 62.8 Å². The first-order valence-corrected chi connectivity index (χ1v) is 7.14. The summed E-state index contributed by atoms with van der Waals surface area (Å²) in [5.74, 6) is 0.530. The fourth-order valence-corrected chi connectivity index (χ4v) is 2.33. The molecule has 1 aromatic heterocycles. The number of rotatable bonds is 8. The minimum absolute atomic E-state index is 0.530. The van der Waals surface area contributed by atoms with E-state index in [9.17, 15) is 0 Å². The van der Waals surface area contributed by atoms with Crippen LogP contribution in [0, 0.1) is 0 Å². The van der Waals surface area contributed by atoms with Crippen LogP contribution in [0.25, 0.3) is 0 Å². The largest absolute Gasteiger partial charge is 0.324 e. The van der Waals surface area contributed by atoms with Crippen LogP contribution >= 0.6 is 0 Å². The van der Waals surface area contributed by atoms with Crippen LogP contribution in [-0.4, -0.2) is 15.0 Å². The van der Waals surface area contributed by atoms with E-state index in [1.807, 2.05) is 18.2 Å². The van der Waals surface area contributed by atoms with Gasteiger partial charge in [0.15, 0.2) is 0 Å². The number of anilines is 2. The van der Waals surface area contributed by atoms with Crippen LogP contribution in [0.1, 0.15) is 16.7 Å². The van der Waals surface area contributed by atoms with Crippen molar-refractivity contribution >= 4 is 11.6 Å². The second kappa shape index (κ2) is 7.88. The van der Waals surface area contributed by atoms with Gasteiger partial charge in [-0.25, -0.2) is 15.0 Å². The first-order valence-electron chi connectivity index (χ1n) is 7.14. The Morgan fingerprint density at radius 3 is 1.91 bits per heavy atom. The Balaban J connectivity index is 2.49. The maximum Gasteiger partial charge on any atom is 0.230 e. The number of nitrogens with zero attached hydrogens (tertiary/aromatic N) is 3. The Kier molecular flexibility index (Phi) is 5.60. The summed E-state index contributed by atoms with van der Waals surface area (Å²) in [5.41, 5.74) is 4.56. The number of hydrogen-bond acceptors (Lipinski definition) is 4. The molecule has 0 spiro atoms. The molecule has 22 heavy (non-hydrogen) atoms. The van der Waals surface area contributed by atoms with Crippen LogP contribution in [0.4, 0.5) is 11.6 Å². The van der Waals surface area contributed by atoms with E-state index in [1.54, 1.807) is 0 Å². The minimum atomic E-state index is 0.530. The summed E-state index contributed by atoms with van der Waals surface area (Å²) < 4.78 is 0. The molecular formula is C18H20N4. The van der Waals surface area contributed by atoms with Gasteiger partial charge in [-0.15, -0.1) is 19.7 Å². The predicted octanol–water partition coefficient (Wildman–Crippen LogP) is 3.80. The van der Waals surface area contributed by atoms with Crippen molar-refractivity contribution in [2.75, 3.05) is 5.32 Å². The normalized spacial score (nSPS) is 10.0. The minimum Gasteiger partial charge on any atom is -0.324 e. The third-order valence-corrected chi connectivity index (χ3v) is 3.20. The van der Waals surface area contributed by atoms with Gasteiger partial charge in [-0.3, -0.25) is 0 Å². The van der Waals surface area contributed by atoms with Crippen LogP contribution in [-0.2, 0) is 19.3 Å². The first-order chi connectivity index (χ1) is 10.8. The number of benzene rings is 1. The first kappa shape index (κ1) is 15.6. The zero-order chi connectivity index (χ0) is 15.8. The summed E-state index contributed by atoms with van der Waals surface area (Å²) in [7, 11) is 0. The fourth-order valence-electron chi connectivity index (χ4n) is 2.33. The van der Waals surface area contributed by atoms with Crippen molar-refractivity contribution in [3.63, 3.8) is 0 Å². The van der Waals surface area contributed by atoms with Crippen LogP contribution in [0.2, 0.25) is 0 Å². The van der Waals surface area contributed by atoms with Gasteiger partial charge >= 0.3 is 0 Å². The molecule has 112 valence electrons. The number of nitrogens with one attached hydrogen (secondary N) is 1. The highest BCUT2D eigenvalue weighted by Gasteiger charge is 2.11. The lowest BCUT2D eigenvalue weighted by Gasteiger charge is -2.16. The molecule has 4 heteroatoms. The highest BCUT2D eigenvalue weighted by Crippen LogP contribution is 2.27. The average Bonchev–Trinajstić information content (AvgIpc) is 2.52. The number of allylic oxidation sites excluding steroid dienone is 3. The van der Waals surface area contributed by atoms with E-state index in [0.29, 0.717) is 5.95 Å². The molecule has 2 aromatic rings. The SMILES string of the molecule is C=CCc1cc(CC=C)c(Nc2ncncn2)c(CC=C)c1. The van der Waals surface area contributed by atoms with E-state index in [2.05, 4.69) is 52.1 Å². The molecule has 1 heterocycles. The van der Waals surface area contributed by atoms with Gasteiger partial charge in [0.25, 0.3) is 0 Å². The fraction of sp³-hybridized carbons (Fsp3) is 0.167. The topological polar surface area (TPSA) is 50.7 Å². The molecule has 4 nitrogen and oxygen atoms in total. The van der Waals surface area contributed by atoms with Gasteiger partial charge in [-0.05, 0) is 36.0 Å². The van der Waals surface area contributed by atoms with Crippen molar-refractivity contribution in [3.8, 4) is 0 Å². The smallest absolute Gasteiger partial charge is 0.230 e. The second-order valence-electron chi connectivity index (χ2n) is 4.85. The summed E-state index contributed by atoms with van der Waals surface area (Å²) in [6, 6.07) is 4.33. The summed E-state index contributed by atoms with van der Waals surface area (Å²) >= 11 is 0. The van der Waals surface area contributed by atoms with Gasteiger partial charge in [-0.2, -0.15) is 0 Å². The zero-order valence-corrected chi connectivity index (χ0v) is 12.6. The van der Waals surface area contributed by atoms with Crippen LogP contribution in [0.3, 0.4) is 0 Å². The maximum absolute atomic E-state index is 4.13. The van der Waals surface area contributed by atoms with Gasteiger partial charge < -0.3 is 5.32 Å². The van der Waals surface area contributed by atoms with Crippen molar-refractivity contribution in [2.45, 2.75) is 19.3 Å². The molecule has 0 bridgehead atoms. The Labute approximate surface area is 131 Å². The summed E-state index contributed by atoms with van der Waals surface area (Å²) in [4.78, 5) is 12.1. The Morgan fingerprint density at radius 2 is 1.41 bits per heavy atom. The molecular weight excluding hydrogens is 272 g/mol.